The molecule has 1 fully saturated rings. The number of benzene rings is 1. The Kier molecular flexibility index (Phi) is 6.58. The molecule has 2 N–H and O–H groups in total. The number of piperazine rings is 1. The third-order valence-electron chi connectivity index (χ3n) is 6.17. The molecule has 4 aromatic rings. The first kappa shape index (κ1) is 23.5. The molecule has 1 aliphatic heterocycles. The van der Waals surface area contributed by atoms with Crippen molar-refractivity contribution in [2.24, 2.45) is 0 Å². The van der Waals surface area contributed by atoms with Gasteiger partial charge in [-0.3, -0.25) is 19.9 Å². The second-order valence-corrected chi connectivity index (χ2v) is 10.3. The lowest BCUT2D eigenvalue weighted by Crippen LogP contribution is -2.57. The third-order valence-corrected chi connectivity index (χ3v) is 8.22. The van der Waals surface area contributed by atoms with Gasteiger partial charge in [-0.05, 0) is 40.4 Å². The van der Waals surface area contributed by atoms with Crippen LogP contribution < -0.4 is 10.6 Å². The van der Waals surface area contributed by atoms with Gasteiger partial charge < -0.3 is 5.73 Å². The van der Waals surface area contributed by atoms with Crippen molar-refractivity contribution in [3.8, 4) is 0 Å². The first-order valence-electron chi connectivity index (χ1n) is 11.2. The lowest BCUT2D eigenvalue weighted by atomic mass is 10.1. The van der Waals surface area contributed by atoms with Crippen LogP contribution >= 0.6 is 22.7 Å². The Hall–Kier alpha value is -3.23. The van der Waals surface area contributed by atoms with E-state index in [1.165, 1.54) is 10.9 Å². The van der Waals surface area contributed by atoms with Crippen molar-refractivity contribution >= 4 is 43.7 Å². The van der Waals surface area contributed by atoms with Gasteiger partial charge >= 0.3 is 6.17 Å². The molecule has 0 aliphatic carbocycles. The molecule has 0 saturated carbocycles. The van der Waals surface area contributed by atoms with Crippen LogP contribution in [0.2, 0.25) is 0 Å². The van der Waals surface area contributed by atoms with Gasteiger partial charge in [0.2, 0.25) is 0 Å². The Morgan fingerprint density at radius 1 is 1.37 bits per heavy atom. The van der Waals surface area contributed by atoms with Crippen molar-refractivity contribution in [1.82, 2.24) is 30.1 Å². The maximum atomic E-state index is 14.4. The van der Waals surface area contributed by atoms with Crippen molar-refractivity contribution in [3.05, 3.63) is 56.3 Å². The summed E-state index contributed by atoms with van der Waals surface area (Å²) in [6.45, 7) is 3.76. The summed E-state index contributed by atoms with van der Waals surface area (Å²) in [5.74, 6) is 0.234. The minimum absolute atomic E-state index is 0.162. The van der Waals surface area contributed by atoms with Crippen LogP contribution in [0.5, 0.6) is 0 Å². The quantitative estimate of drug-likeness (QED) is 0.213. The Morgan fingerprint density at radius 2 is 2.23 bits per heavy atom. The van der Waals surface area contributed by atoms with Crippen molar-refractivity contribution in [2.45, 2.75) is 38.5 Å². The molecule has 0 amide bonds. The lowest BCUT2D eigenvalue weighted by Gasteiger charge is -2.39. The number of nitrogens with zero attached hydrogens (tertiary/aromatic N) is 8. The molecule has 0 spiro atoms. The summed E-state index contributed by atoms with van der Waals surface area (Å²) in [7, 11) is 0. The van der Waals surface area contributed by atoms with E-state index in [0.717, 1.165) is 17.8 Å². The zero-order valence-electron chi connectivity index (χ0n) is 19.0. The van der Waals surface area contributed by atoms with Crippen LogP contribution in [-0.4, -0.2) is 60.8 Å². The van der Waals surface area contributed by atoms with Crippen molar-refractivity contribution in [2.75, 3.05) is 30.3 Å². The fourth-order valence-corrected chi connectivity index (χ4v) is 6.20. The summed E-state index contributed by atoms with van der Waals surface area (Å²) in [5, 5.41) is 26.9. The third kappa shape index (κ3) is 4.68. The van der Waals surface area contributed by atoms with E-state index in [2.05, 4.69) is 31.5 Å². The average Bonchev–Trinajstić information content (AvgIpc) is 3.59. The number of rotatable bonds is 8. The molecule has 1 aromatic carbocycles. The molecular formula is C21H24FN9O2S2. The number of hydrogen-bond donors (Lipinski definition) is 1. The summed E-state index contributed by atoms with van der Waals surface area (Å²) < 4.78 is 16.5. The Labute approximate surface area is 208 Å². The second-order valence-electron chi connectivity index (χ2n) is 8.32. The summed E-state index contributed by atoms with van der Waals surface area (Å²) in [6, 6.07) is 6.75. The van der Waals surface area contributed by atoms with Gasteiger partial charge in [0, 0.05) is 41.5 Å². The number of aryl methyl sites for hydroxylation is 2. The van der Waals surface area contributed by atoms with Crippen molar-refractivity contribution < 1.29 is 9.31 Å². The van der Waals surface area contributed by atoms with E-state index in [9.17, 15) is 14.5 Å². The number of hydrogen-bond acceptors (Lipinski definition) is 11. The molecule has 1 aliphatic rings. The highest BCUT2D eigenvalue weighted by atomic mass is 32.1. The van der Waals surface area contributed by atoms with Gasteiger partial charge in [-0.15, -0.1) is 16.4 Å². The summed E-state index contributed by atoms with van der Waals surface area (Å²) in [5.41, 5.74) is 6.42. The minimum atomic E-state index is -1.03. The molecule has 2 unspecified atom stereocenters. The van der Waals surface area contributed by atoms with Gasteiger partial charge in [0.05, 0.1) is 22.8 Å². The van der Waals surface area contributed by atoms with Crippen LogP contribution in [0.25, 0.3) is 10.2 Å². The Bertz CT molecular complexity index is 1330. The number of thiophene rings is 1. The number of anilines is 2. The first-order valence-corrected chi connectivity index (χ1v) is 12.9. The average molecular weight is 518 g/mol. The standard InChI is InChI=1S/C21H24FN9O2S2/c1-2-17(20-25-26-27-30(20)6-5-14-4-3-9-34-14)28-7-8-29(18(12-28)31(32)33)21-24-16-11-13(23)10-15(22)19(16)35-21/h3-4,9-11,17-18H,2,5-8,12,23H2,1H3. The Balaban J connectivity index is 1.36. The number of nitrogens with two attached hydrogens (primary N) is 1. The second kappa shape index (κ2) is 9.79. The monoisotopic (exact) mass is 517 g/mol. The van der Waals surface area contributed by atoms with Crippen LogP contribution in [0.1, 0.15) is 30.1 Å². The summed E-state index contributed by atoms with van der Waals surface area (Å²) >= 11 is 2.80. The molecule has 5 rings (SSSR count). The molecule has 184 valence electrons. The van der Waals surface area contributed by atoms with E-state index in [-0.39, 0.29) is 23.2 Å². The molecule has 0 radical (unpaired) electrons. The van der Waals surface area contributed by atoms with Gasteiger partial charge in [-0.2, -0.15) is 0 Å². The predicted molar refractivity (Wildman–Crippen MR) is 133 cm³/mol. The fraction of sp³-hybridized carbons (Fsp3) is 0.429. The number of tetrazole rings is 1. The topological polar surface area (TPSA) is 132 Å². The number of fused-ring (bicyclic) bond motifs is 1. The molecule has 14 heteroatoms. The molecule has 1 saturated heterocycles. The normalized spacial score (nSPS) is 17.8. The van der Waals surface area contributed by atoms with E-state index in [4.69, 9.17) is 5.73 Å². The largest absolute Gasteiger partial charge is 0.399 e. The number of nitrogen functional groups attached to an aromatic ring is 1. The summed E-state index contributed by atoms with van der Waals surface area (Å²) in [4.78, 5) is 21.2. The molecule has 2 atom stereocenters. The van der Waals surface area contributed by atoms with Gasteiger partial charge in [-0.25, -0.2) is 14.1 Å². The number of nitro groups is 1. The van der Waals surface area contributed by atoms with Crippen LogP contribution in [0.15, 0.2) is 29.6 Å². The van der Waals surface area contributed by atoms with E-state index < -0.39 is 12.0 Å². The summed E-state index contributed by atoms with van der Waals surface area (Å²) in [6.07, 6.45) is 0.486. The highest BCUT2D eigenvalue weighted by molar-refractivity contribution is 7.22. The predicted octanol–water partition coefficient (Wildman–Crippen LogP) is 3.18. The van der Waals surface area contributed by atoms with Gasteiger partial charge in [0.1, 0.15) is 5.82 Å². The van der Waals surface area contributed by atoms with Gasteiger partial charge in [-0.1, -0.05) is 24.3 Å². The highest BCUT2D eigenvalue weighted by Gasteiger charge is 2.40. The van der Waals surface area contributed by atoms with E-state index in [1.54, 1.807) is 27.0 Å². The van der Waals surface area contributed by atoms with Crippen LogP contribution in [0, 0.1) is 15.9 Å². The Morgan fingerprint density at radius 3 is 2.97 bits per heavy atom. The maximum Gasteiger partial charge on any atom is 0.301 e. The zero-order valence-corrected chi connectivity index (χ0v) is 20.6. The van der Waals surface area contributed by atoms with Crippen LogP contribution in [-0.2, 0) is 13.0 Å². The molecule has 11 nitrogen and oxygen atoms in total. The van der Waals surface area contributed by atoms with E-state index in [1.807, 2.05) is 18.4 Å². The lowest BCUT2D eigenvalue weighted by molar-refractivity contribution is -0.524. The molecule has 0 bridgehead atoms. The van der Waals surface area contributed by atoms with Gasteiger partial charge in [0.25, 0.3) is 0 Å². The molecule has 4 heterocycles. The van der Waals surface area contributed by atoms with E-state index >= 15 is 0 Å². The number of thiazole rings is 1. The van der Waals surface area contributed by atoms with E-state index in [0.29, 0.717) is 47.2 Å². The molecular weight excluding hydrogens is 493 g/mol. The molecule has 35 heavy (non-hydrogen) atoms. The fourth-order valence-electron chi connectivity index (χ4n) is 4.48. The van der Waals surface area contributed by atoms with Crippen molar-refractivity contribution in [3.63, 3.8) is 0 Å². The molecule has 3 aromatic heterocycles. The number of aromatic nitrogens is 5. The van der Waals surface area contributed by atoms with Crippen LogP contribution in [0.4, 0.5) is 15.2 Å². The SMILES string of the molecule is CCC(c1nnnn1CCc1cccs1)N1CCN(c2nc3cc(N)cc(F)c3s2)C([N+](=O)[O-])C1. The number of halogens is 1. The van der Waals surface area contributed by atoms with Crippen molar-refractivity contribution in [1.29, 1.82) is 0 Å². The smallest absolute Gasteiger partial charge is 0.301 e. The van der Waals surface area contributed by atoms with Crippen LogP contribution in [0.3, 0.4) is 0 Å². The minimum Gasteiger partial charge on any atom is -0.399 e. The zero-order chi connectivity index (χ0) is 24.5. The first-order chi connectivity index (χ1) is 16.9. The van der Waals surface area contributed by atoms with Gasteiger partial charge in [0.15, 0.2) is 11.0 Å². The maximum absolute atomic E-state index is 14.4. The highest BCUT2D eigenvalue weighted by Crippen LogP contribution is 2.35.